The molecule has 34 heavy (non-hydrogen) atoms. The fraction of sp³-hybridized carbons (Fsp3) is 0.207. The summed E-state index contributed by atoms with van der Waals surface area (Å²) < 4.78 is 0. The number of hydrogen-bond donors (Lipinski definition) is 3. The first-order chi connectivity index (χ1) is 16.6. The van der Waals surface area contributed by atoms with E-state index < -0.39 is 0 Å². The van der Waals surface area contributed by atoms with E-state index in [9.17, 15) is 9.90 Å². The van der Waals surface area contributed by atoms with Crippen LogP contribution >= 0.6 is 0 Å². The molecule has 3 aromatic carbocycles. The lowest BCUT2D eigenvalue weighted by Crippen LogP contribution is -2.39. The zero-order valence-corrected chi connectivity index (χ0v) is 19.3. The van der Waals surface area contributed by atoms with E-state index in [4.69, 9.17) is 0 Å². The number of rotatable bonds is 8. The van der Waals surface area contributed by atoms with Gasteiger partial charge in [-0.15, -0.1) is 0 Å². The molecule has 4 aromatic rings. The topological polar surface area (TPSA) is 68.4 Å². The summed E-state index contributed by atoms with van der Waals surface area (Å²) in [5.74, 6) is 6.12. The number of carbonyl (C=O) groups excluding carboxylic acids is 1. The van der Waals surface area contributed by atoms with Gasteiger partial charge < -0.3 is 15.4 Å². The third kappa shape index (κ3) is 6.14. The van der Waals surface area contributed by atoms with Gasteiger partial charge in [-0.05, 0) is 48.9 Å². The molecule has 0 saturated heterocycles. The molecule has 0 aliphatic rings. The molecule has 5 heteroatoms. The van der Waals surface area contributed by atoms with Crippen LogP contribution in [0.3, 0.4) is 0 Å². The van der Waals surface area contributed by atoms with Gasteiger partial charge in [0.05, 0.1) is 19.2 Å². The van der Waals surface area contributed by atoms with Crippen molar-refractivity contribution in [1.29, 1.82) is 0 Å². The third-order valence-electron chi connectivity index (χ3n) is 5.70. The molecule has 0 bridgehead atoms. The molecule has 0 saturated carbocycles. The first-order valence-corrected chi connectivity index (χ1v) is 11.4. The van der Waals surface area contributed by atoms with Crippen molar-refractivity contribution in [2.75, 3.05) is 20.2 Å². The molecule has 0 spiro atoms. The molecule has 0 aliphatic carbocycles. The molecule has 0 aliphatic heterocycles. The van der Waals surface area contributed by atoms with E-state index in [0.717, 1.165) is 28.6 Å². The largest absolute Gasteiger partial charge is 0.394 e. The van der Waals surface area contributed by atoms with Crippen molar-refractivity contribution < 1.29 is 9.90 Å². The molecule has 1 aromatic heterocycles. The Kier molecular flexibility index (Phi) is 7.77. The smallest absolute Gasteiger partial charge is 0.251 e. The number of aliphatic hydroxyl groups excluding tert-OH is 1. The van der Waals surface area contributed by atoms with Gasteiger partial charge in [0.15, 0.2) is 0 Å². The van der Waals surface area contributed by atoms with Crippen LogP contribution in [0.5, 0.6) is 0 Å². The zero-order valence-electron chi connectivity index (χ0n) is 19.3. The highest BCUT2D eigenvalue weighted by atomic mass is 16.3. The van der Waals surface area contributed by atoms with Gasteiger partial charge in [-0.3, -0.25) is 9.69 Å². The van der Waals surface area contributed by atoms with Crippen molar-refractivity contribution in [1.82, 2.24) is 15.2 Å². The molecular formula is C29H29N3O2. The predicted molar refractivity (Wildman–Crippen MR) is 136 cm³/mol. The van der Waals surface area contributed by atoms with Crippen molar-refractivity contribution in [2.24, 2.45) is 0 Å². The highest BCUT2D eigenvalue weighted by Gasteiger charge is 2.16. The Bertz CT molecular complexity index is 1300. The number of nitrogens with one attached hydrogen (secondary N) is 2. The number of carbonyl (C=O) groups is 1. The van der Waals surface area contributed by atoms with Gasteiger partial charge in [0, 0.05) is 34.8 Å². The van der Waals surface area contributed by atoms with Crippen LogP contribution in [0.25, 0.3) is 10.9 Å². The number of aromatic amines is 1. The van der Waals surface area contributed by atoms with Crippen LogP contribution < -0.4 is 5.32 Å². The van der Waals surface area contributed by atoms with E-state index >= 15 is 0 Å². The summed E-state index contributed by atoms with van der Waals surface area (Å²) in [6.45, 7) is 1.32. The summed E-state index contributed by atoms with van der Waals surface area (Å²) in [6.07, 6.45) is 2.48. The molecular weight excluding hydrogens is 422 g/mol. The average Bonchev–Trinajstić information content (AvgIpc) is 3.27. The molecule has 5 nitrogen and oxygen atoms in total. The van der Waals surface area contributed by atoms with Crippen molar-refractivity contribution in [3.05, 3.63) is 107 Å². The van der Waals surface area contributed by atoms with E-state index in [1.54, 1.807) is 12.1 Å². The molecule has 3 N–H and O–H groups in total. The molecule has 4 rings (SSSR count). The van der Waals surface area contributed by atoms with Gasteiger partial charge >= 0.3 is 0 Å². The average molecular weight is 452 g/mol. The van der Waals surface area contributed by atoms with Gasteiger partial charge in [0.2, 0.25) is 0 Å². The van der Waals surface area contributed by atoms with Crippen molar-refractivity contribution in [3.63, 3.8) is 0 Å². The normalized spacial score (nSPS) is 11.7. The van der Waals surface area contributed by atoms with Crippen molar-refractivity contribution in [2.45, 2.75) is 19.0 Å². The van der Waals surface area contributed by atoms with Gasteiger partial charge in [-0.1, -0.05) is 66.4 Å². The number of fused-ring (bicyclic) bond motifs is 1. The molecule has 0 radical (unpaired) electrons. The standard InChI is InChI=1S/C29H29N3O2/c1-32(20-23-9-3-2-4-10-23)16-8-12-22-11-7-13-24(17-22)29(34)31-26(21-33)18-25-19-30-28-15-6-5-14-27(25)28/h2-7,9-11,13-15,17,19,26,30,33H,16,18,20-21H2,1H3,(H,31,34)/t26-/m1/s1. The number of nitrogens with zero attached hydrogens (tertiary/aromatic N) is 1. The van der Waals surface area contributed by atoms with E-state index in [1.807, 2.05) is 67.8 Å². The highest BCUT2D eigenvalue weighted by Crippen LogP contribution is 2.19. The maximum Gasteiger partial charge on any atom is 0.251 e. The maximum absolute atomic E-state index is 12.9. The summed E-state index contributed by atoms with van der Waals surface area (Å²) in [6, 6.07) is 25.2. The van der Waals surface area contributed by atoms with Crippen molar-refractivity contribution >= 4 is 16.8 Å². The lowest BCUT2D eigenvalue weighted by atomic mass is 10.0. The second-order valence-electron chi connectivity index (χ2n) is 8.46. The fourth-order valence-corrected chi connectivity index (χ4v) is 3.96. The number of aliphatic hydroxyl groups is 1. The third-order valence-corrected chi connectivity index (χ3v) is 5.70. The lowest BCUT2D eigenvalue weighted by Gasteiger charge is -2.16. The minimum Gasteiger partial charge on any atom is -0.394 e. The van der Waals surface area contributed by atoms with E-state index in [-0.39, 0.29) is 18.6 Å². The highest BCUT2D eigenvalue weighted by molar-refractivity contribution is 5.94. The number of amides is 1. The quantitative estimate of drug-likeness (QED) is 0.355. The summed E-state index contributed by atoms with van der Waals surface area (Å²) in [4.78, 5) is 18.2. The first kappa shape index (κ1) is 23.3. The van der Waals surface area contributed by atoms with Crippen LogP contribution in [0.4, 0.5) is 0 Å². The Labute approximate surface area is 200 Å². The summed E-state index contributed by atoms with van der Waals surface area (Å²) in [5.41, 5.74) is 4.67. The van der Waals surface area contributed by atoms with Crippen LogP contribution in [-0.4, -0.2) is 47.1 Å². The Balaban J connectivity index is 1.36. The van der Waals surface area contributed by atoms with Crippen LogP contribution in [0.15, 0.2) is 85.1 Å². The number of aromatic nitrogens is 1. The minimum absolute atomic E-state index is 0.140. The number of H-pyrrole nitrogens is 1. The number of hydrogen-bond acceptors (Lipinski definition) is 3. The van der Waals surface area contributed by atoms with Crippen molar-refractivity contribution in [3.8, 4) is 11.8 Å². The fourth-order valence-electron chi connectivity index (χ4n) is 3.96. The summed E-state index contributed by atoms with van der Waals surface area (Å²) in [5, 5.41) is 13.9. The van der Waals surface area contributed by atoms with E-state index in [1.165, 1.54) is 5.56 Å². The second kappa shape index (κ2) is 11.3. The first-order valence-electron chi connectivity index (χ1n) is 11.4. The Morgan fingerprint density at radius 3 is 2.68 bits per heavy atom. The molecule has 1 heterocycles. The van der Waals surface area contributed by atoms with E-state index in [0.29, 0.717) is 18.5 Å². The van der Waals surface area contributed by atoms with Gasteiger partial charge in [-0.2, -0.15) is 0 Å². The van der Waals surface area contributed by atoms with Gasteiger partial charge in [0.25, 0.3) is 5.91 Å². The van der Waals surface area contributed by atoms with Gasteiger partial charge in [-0.25, -0.2) is 0 Å². The minimum atomic E-state index is -0.381. The van der Waals surface area contributed by atoms with E-state index in [2.05, 4.69) is 39.2 Å². The monoisotopic (exact) mass is 451 g/mol. The Hall–Kier alpha value is -3.85. The molecule has 1 amide bonds. The van der Waals surface area contributed by atoms with Crippen LogP contribution in [0.1, 0.15) is 27.0 Å². The molecule has 1 atom stereocenters. The molecule has 0 unspecified atom stereocenters. The second-order valence-corrected chi connectivity index (χ2v) is 8.46. The summed E-state index contributed by atoms with van der Waals surface area (Å²) >= 11 is 0. The van der Waals surface area contributed by atoms with Crippen LogP contribution in [-0.2, 0) is 13.0 Å². The van der Waals surface area contributed by atoms with Crippen LogP contribution in [0, 0.1) is 11.8 Å². The maximum atomic E-state index is 12.9. The SMILES string of the molecule is CN(CC#Cc1cccc(C(=O)N[C@@H](CO)Cc2c[nH]c3ccccc23)c1)Cc1ccccc1. The number of para-hydroxylation sites is 1. The molecule has 172 valence electrons. The Morgan fingerprint density at radius 1 is 1.06 bits per heavy atom. The Morgan fingerprint density at radius 2 is 1.85 bits per heavy atom. The zero-order chi connectivity index (χ0) is 23.8. The molecule has 0 fully saturated rings. The number of benzene rings is 3. The predicted octanol–water partition coefficient (Wildman–Crippen LogP) is 3.98. The van der Waals surface area contributed by atoms with Gasteiger partial charge in [0.1, 0.15) is 0 Å². The lowest BCUT2D eigenvalue weighted by molar-refractivity contribution is 0.0916. The summed E-state index contributed by atoms with van der Waals surface area (Å²) in [7, 11) is 2.04. The van der Waals surface area contributed by atoms with Crippen LogP contribution in [0.2, 0.25) is 0 Å².